The molecule has 10 heteroatoms. The van der Waals surface area contributed by atoms with Crippen LogP contribution in [-0.4, -0.2) is 37.5 Å². The van der Waals surface area contributed by atoms with Gasteiger partial charge >= 0.3 is 6.18 Å². The van der Waals surface area contributed by atoms with Gasteiger partial charge in [-0.25, -0.2) is 4.98 Å². The highest BCUT2D eigenvalue weighted by Crippen LogP contribution is 2.34. The minimum atomic E-state index is -4.52. The zero-order valence-corrected chi connectivity index (χ0v) is 16.1. The van der Waals surface area contributed by atoms with Gasteiger partial charge in [-0.2, -0.15) is 13.2 Å². The fourth-order valence-electron chi connectivity index (χ4n) is 3.40. The summed E-state index contributed by atoms with van der Waals surface area (Å²) >= 11 is 0. The highest BCUT2D eigenvalue weighted by Gasteiger charge is 2.35. The molecule has 0 radical (unpaired) electrons. The number of aromatic nitrogens is 4. The number of carbonyl (C=O) groups is 1. The molecule has 3 aromatic rings. The molecule has 7 nitrogen and oxygen atoms in total. The Balaban J connectivity index is 1.61. The first-order valence-corrected chi connectivity index (χ1v) is 9.43. The first-order chi connectivity index (χ1) is 14.3. The van der Waals surface area contributed by atoms with Gasteiger partial charge in [0.15, 0.2) is 0 Å². The Morgan fingerprint density at radius 1 is 1.17 bits per heavy atom. The molecule has 0 saturated carbocycles. The molecular formula is C20H18F3N5O2. The second-order valence-corrected chi connectivity index (χ2v) is 7.08. The Labute approximate surface area is 170 Å². The Morgan fingerprint density at radius 3 is 2.73 bits per heavy atom. The minimum Gasteiger partial charge on any atom is -0.417 e. The second-order valence-electron chi connectivity index (χ2n) is 7.08. The number of benzene rings is 1. The smallest absolute Gasteiger partial charge is 0.416 e. The van der Waals surface area contributed by atoms with Crippen LogP contribution in [0.4, 0.5) is 13.2 Å². The van der Waals surface area contributed by atoms with Crippen molar-refractivity contribution in [1.29, 1.82) is 0 Å². The zero-order chi connectivity index (χ0) is 21.3. The van der Waals surface area contributed by atoms with Crippen molar-refractivity contribution in [3.63, 3.8) is 0 Å². The quantitative estimate of drug-likeness (QED) is 0.634. The van der Waals surface area contributed by atoms with E-state index in [-0.39, 0.29) is 17.3 Å². The van der Waals surface area contributed by atoms with Gasteiger partial charge in [-0.15, -0.1) is 10.2 Å². The molecule has 1 saturated heterocycles. The molecule has 0 spiro atoms. The predicted octanol–water partition coefficient (Wildman–Crippen LogP) is 4.22. The molecule has 0 bridgehead atoms. The third-order valence-electron chi connectivity index (χ3n) is 4.93. The Kier molecular flexibility index (Phi) is 5.23. The van der Waals surface area contributed by atoms with E-state index in [4.69, 9.17) is 4.42 Å². The van der Waals surface area contributed by atoms with Crippen LogP contribution in [0.2, 0.25) is 0 Å². The first-order valence-electron chi connectivity index (χ1n) is 9.43. The van der Waals surface area contributed by atoms with E-state index in [9.17, 15) is 18.0 Å². The third-order valence-corrected chi connectivity index (χ3v) is 4.93. The van der Waals surface area contributed by atoms with Crippen molar-refractivity contribution in [2.24, 2.45) is 0 Å². The summed E-state index contributed by atoms with van der Waals surface area (Å²) < 4.78 is 44.8. The molecule has 1 aliphatic heterocycles. The van der Waals surface area contributed by atoms with E-state index in [0.717, 1.165) is 30.7 Å². The molecular weight excluding hydrogens is 399 g/mol. The van der Waals surface area contributed by atoms with Crippen LogP contribution < -0.4 is 0 Å². The van der Waals surface area contributed by atoms with Gasteiger partial charge in [0.05, 0.1) is 17.5 Å². The van der Waals surface area contributed by atoms with Gasteiger partial charge in [0.1, 0.15) is 11.7 Å². The Bertz CT molecular complexity index is 1050. The van der Waals surface area contributed by atoms with Crippen molar-refractivity contribution >= 4 is 5.91 Å². The van der Waals surface area contributed by atoms with Crippen molar-refractivity contribution in [2.45, 2.75) is 38.4 Å². The van der Waals surface area contributed by atoms with Gasteiger partial charge < -0.3 is 9.32 Å². The van der Waals surface area contributed by atoms with E-state index in [0.29, 0.717) is 18.7 Å². The van der Waals surface area contributed by atoms with Crippen LogP contribution in [0.15, 0.2) is 41.1 Å². The molecule has 4 rings (SSSR count). The summed E-state index contributed by atoms with van der Waals surface area (Å²) in [7, 11) is 0. The molecule has 156 valence electrons. The molecule has 2 aromatic heterocycles. The molecule has 3 heterocycles. The van der Waals surface area contributed by atoms with E-state index in [1.165, 1.54) is 23.2 Å². The van der Waals surface area contributed by atoms with Crippen LogP contribution in [0.5, 0.6) is 0 Å². The molecule has 1 aromatic carbocycles. The largest absolute Gasteiger partial charge is 0.417 e. The fraction of sp³-hybridized carbons (Fsp3) is 0.350. The average molecular weight is 417 g/mol. The average Bonchev–Trinajstić information content (AvgIpc) is 3.23. The van der Waals surface area contributed by atoms with Crippen LogP contribution in [0.1, 0.15) is 52.8 Å². The van der Waals surface area contributed by atoms with Crippen molar-refractivity contribution in [3.8, 4) is 11.6 Å². The van der Waals surface area contributed by atoms with Crippen molar-refractivity contribution in [1.82, 2.24) is 25.1 Å². The standard InChI is InChI=1S/C20H18F3N5O2/c1-12-10-25-15(11-24-12)17-26-27-18(30-17)16-7-2-3-8-28(16)19(29)13-5-4-6-14(9-13)20(21,22)23/h4-6,9-11,16H,2-3,7-8H2,1H3/t16-/m0/s1. The lowest BCUT2D eigenvalue weighted by molar-refractivity contribution is -0.137. The number of carbonyl (C=O) groups excluding carboxylic acids is 1. The number of alkyl halides is 3. The van der Waals surface area contributed by atoms with E-state index < -0.39 is 23.7 Å². The van der Waals surface area contributed by atoms with E-state index >= 15 is 0 Å². The summed E-state index contributed by atoms with van der Waals surface area (Å²) in [5.74, 6) is -0.0948. The predicted molar refractivity (Wildman–Crippen MR) is 99.1 cm³/mol. The van der Waals surface area contributed by atoms with E-state index in [2.05, 4.69) is 20.2 Å². The van der Waals surface area contributed by atoms with Crippen molar-refractivity contribution in [3.05, 3.63) is 59.4 Å². The number of amides is 1. The molecule has 30 heavy (non-hydrogen) atoms. The van der Waals surface area contributed by atoms with Gasteiger partial charge in [-0.1, -0.05) is 6.07 Å². The molecule has 1 fully saturated rings. The normalized spacial score (nSPS) is 17.2. The number of aryl methyl sites for hydroxylation is 1. The maximum Gasteiger partial charge on any atom is 0.416 e. The van der Waals surface area contributed by atoms with Crippen LogP contribution in [0.3, 0.4) is 0 Å². The van der Waals surface area contributed by atoms with Crippen LogP contribution in [0, 0.1) is 6.92 Å². The number of nitrogens with zero attached hydrogens (tertiary/aromatic N) is 5. The molecule has 1 aliphatic rings. The maximum atomic E-state index is 13.0. The molecule has 0 unspecified atom stereocenters. The summed E-state index contributed by atoms with van der Waals surface area (Å²) in [5.41, 5.74) is 0.260. The van der Waals surface area contributed by atoms with E-state index in [1.54, 1.807) is 13.1 Å². The molecule has 0 N–H and O–H groups in total. The summed E-state index contributed by atoms with van der Waals surface area (Å²) in [6.45, 7) is 2.19. The topological polar surface area (TPSA) is 85.0 Å². The lowest BCUT2D eigenvalue weighted by Crippen LogP contribution is -2.38. The highest BCUT2D eigenvalue weighted by molar-refractivity contribution is 5.94. The maximum absolute atomic E-state index is 13.0. The molecule has 0 aliphatic carbocycles. The molecule has 1 amide bonds. The summed E-state index contributed by atoms with van der Waals surface area (Å²) in [6.07, 6.45) is 0.715. The lowest BCUT2D eigenvalue weighted by atomic mass is 10.00. The number of hydrogen-bond donors (Lipinski definition) is 0. The Hall–Kier alpha value is -3.30. The molecule has 1 atom stereocenters. The van der Waals surface area contributed by atoms with Gasteiger partial charge in [0.2, 0.25) is 5.89 Å². The van der Waals surface area contributed by atoms with Crippen LogP contribution in [-0.2, 0) is 6.18 Å². The van der Waals surface area contributed by atoms with Gasteiger partial charge in [0.25, 0.3) is 11.8 Å². The van der Waals surface area contributed by atoms with Gasteiger partial charge in [0, 0.05) is 18.3 Å². The number of hydrogen-bond acceptors (Lipinski definition) is 6. The lowest BCUT2D eigenvalue weighted by Gasteiger charge is -2.33. The summed E-state index contributed by atoms with van der Waals surface area (Å²) in [4.78, 5) is 22.9. The zero-order valence-electron chi connectivity index (χ0n) is 16.1. The van der Waals surface area contributed by atoms with Gasteiger partial charge in [-0.05, 0) is 44.4 Å². The van der Waals surface area contributed by atoms with Crippen LogP contribution in [0.25, 0.3) is 11.6 Å². The monoisotopic (exact) mass is 417 g/mol. The second kappa shape index (κ2) is 7.85. The van der Waals surface area contributed by atoms with Crippen molar-refractivity contribution in [2.75, 3.05) is 6.54 Å². The summed E-state index contributed by atoms with van der Waals surface area (Å²) in [5, 5.41) is 8.06. The van der Waals surface area contributed by atoms with Crippen molar-refractivity contribution < 1.29 is 22.4 Å². The number of rotatable bonds is 3. The summed E-state index contributed by atoms with van der Waals surface area (Å²) in [6, 6.07) is 3.91. The highest BCUT2D eigenvalue weighted by atomic mass is 19.4. The van der Waals surface area contributed by atoms with E-state index in [1.807, 2.05) is 0 Å². The Morgan fingerprint density at radius 2 is 2.00 bits per heavy atom. The van der Waals surface area contributed by atoms with Gasteiger partial charge in [-0.3, -0.25) is 9.78 Å². The third kappa shape index (κ3) is 4.03. The number of likely N-dealkylation sites (tertiary alicyclic amines) is 1. The SMILES string of the molecule is Cc1cnc(-c2nnc([C@@H]3CCCCN3C(=O)c3cccc(C(F)(F)F)c3)o2)cn1. The first kappa shape index (κ1) is 20.0. The van der Waals surface area contributed by atoms with Crippen LogP contribution >= 0.6 is 0 Å². The number of halogens is 3. The number of piperidine rings is 1. The minimum absolute atomic E-state index is 0.0270. The fourth-order valence-corrected chi connectivity index (χ4v) is 3.40.